The van der Waals surface area contributed by atoms with Crippen molar-refractivity contribution in [2.45, 2.75) is 45.1 Å². The first kappa shape index (κ1) is 18.1. The number of rotatable bonds is 6. The number of aryl methyl sites for hydroxylation is 1. The number of anilines is 2. The van der Waals surface area contributed by atoms with Crippen molar-refractivity contribution in [1.29, 1.82) is 0 Å². The van der Waals surface area contributed by atoms with E-state index in [-0.39, 0.29) is 5.91 Å². The van der Waals surface area contributed by atoms with Crippen LogP contribution in [0.5, 0.6) is 5.75 Å². The average molecular weight is 364 g/mol. The topological polar surface area (TPSA) is 32.8 Å². The molecule has 2 aliphatic heterocycles. The Bertz CT molecular complexity index is 790. The third-order valence-electron chi connectivity index (χ3n) is 5.71. The molecular formula is C23H28N2O2. The van der Waals surface area contributed by atoms with E-state index in [0.717, 1.165) is 49.2 Å². The van der Waals surface area contributed by atoms with Crippen LogP contribution in [-0.2, 0) is 11.2 Å². The second-order valence-corrected chi connectivity index (χ2v) is 7.58. The minimum Gasteiger partial charge on any atom is -0.494 e. The van der Waals surface area contributed by atoms with Gasteiger partial charge in [-0.05, 0) is 75.0 Å². The normalized spacial score (nSPS) is 20.0. The summed E-state index contributed by atoms with van der Waals surface area (Å²) in [5, 5.41) is 0. The molecule has 2 aromatic rings. The summed E-state index contributed by atoms with van der Waals surface area (Å²) >= 11 is 0. The highest BCUT2D eigenvalue weighted by molar-refractivity contribution is 6.03. The highest BCUT2D eigenvalue weighted by atomic mass is 16.5. The maximum absolute atomic E-state index is 12.5. The molecule has 2 heterocycles. The van der Waals surface area contributed by atoms with Gasteiger partial charge in [0.15, 0.2) is 0 Å². The van der Waals surface area contributed by atoms with E-state index in [0.29, 0.717) is 6.42 Å². The zero-order valence-electron chi connectivity index (χ0n) is 16.1. The lowest BCUT2D eigenvalue weighted by Crippen LogP contribution is -2.30. The van der Waals surface area contributed by atoms with E-state index in [1.807, 2.05) is 47.4 Å². The number of likely N-dealkylation sites (tertiary alicyclic amines) is 1. The van der Waals surface area contributed by atoms with Crippen LogP contribution in [0.2, 0.25) is 0 Å². The molecule has 1 atom stereocenters. The molecule has 27 heavy (non-hydrogen) atoms. The van der Waals surface area contributed by atoms with Gasteiger partial charge in [-0.3, -0.25) is 9.69 Å². The van der Waals surface area contributed by atoms with Crippen molar-refractivity contribution in [3.05, 3.63) is 54.1 Å². The lowest BCUT2D eigenvalue weighted by molar-refractivity contribution is -0.118. The van der Waals surface area contributed by atoms with Crippen LogP contribution in [0.15, 0.2) is 48.5 Å². The summed E-state index contributed by atoms with van der Waals surface area (Å²) in [4.78, 5) is 16.9. The van der Waals surface area contributed by atoms with Crippen LogP contribution < -0.4 is 9.64 Å². The van der Waals surface area contributed by atoms with Crippen molar-refractivity contribution >= 4 is 17.3 Å². The van der Waals surface area contributed by atoms with Crippen LogP contribution in [0, 0.1) is 0 Å². The lowest BCUT2D eigenvalue weighted by atomic mass is 10.00. The van der Waals surface area contributed by atoms with Gasteiger partial charge in [0, 0.05) is 24.7 Å². The summed E-state index contributed by atoms with van der Waals surface area (Å²) < 4.78 is 6.00. The monoisotopic (exact) mass is 364 g/mol. The Morgan fingerprint density at radius 1 is 1.11 bits per heavy atom. The number of amides is 1. The minimum absolute atomic E-state index is 0.155. The van der Waals surface area contributed by atoms with Gasteiger partial charge >= 0.3 is 0 Å². The number of hydrogen-bond acceptors (Lipinski definition) is 3. The third-order valence-corrected chi connectivity index (χ3v) is 5.71. The summed E-state index contributed by atoms with van der Waals surface area (Å²) in [7, 11) is 0. The second kappa shape index (κ2) is 8.13. The summed E-state index contributed by atoms with van der Waals surface area (Å²) in [5.74, 6) is 1.06. The first-order valence-electron chi connectivity index (χ1n) is 10.1. The maximum Gasteiger partial charge on any atom is 0.231 e. The van der Waals surface area contributed by atoms with Crippen LogP contribution in [-0.4, -0.2) is 36.5 Å². The van der Waals surface area contributed by atoms with Crippen molar-refractivity contribution in [2.75, 3.05) is 24.6 Å². The smallest absolute Gasteiger partial charge is 0.231 e. The summed E-state index contributed by atoms with van der Waals surface area (Å²) in [6.45, 7) is 5.40. The Hall–Kier alpha value is -2.33. The molecule has 2 aromatic carbocycles. The molecule has 4 heteroatoms. The third kappa shape index (κ3) is 4.01. The largest absolute Gasteiger partial charge is 0.494 e. The van der Waals surface area contributed by atoms with Gasteiger partial charge in [0.05, 0.1) is 12.3 Å². The molecule has 4 nitrogen and oxygen atoms in total. The van der Waals surface area contributed by atoms with Crippen LogP contribution in [0.1, 0.15) is 38.2 Å². The molecule has 0 saturated carbocycles. The molecule has 4 rings (SSSR count). The van der Waals surface area contributed by atoms with Gasteiger partial charge in [0.2, 0.25) is 5.91 Å². The van der Waals surface area contributed by atoms with Gasteiger partial charge in [-0.15, -0.1) is 0 Å². The van der Waals surface area contributed by atoms with E-state index in [1.165, 1.54) is 24.9 Å². The number of benzene rings is 2. The zero-order valence-corrected chi connectivity index (χ0v) is 16.1. The predicted molar refractivity (Wildman–Crippen MR) is 109 cm³/mol. The number of hydrogen-bond donors (Lipinski definition) is 0. The average Bonchev–Trinajstić information content (AvgIpc) is 3.10. The van der Waals surface area contributed by atoms with Gasteiger partial charge in [0.1, 0.15) is 5.75 Å². The molecule has 0 N–H and O–H groups in total. The number of carbonyl (C=O) groups excluding carboxylic acids is 1. The standard InChI is InChI=1S/C23H28N2O2/c1-18-7-5-14-24(18)15-6-16-27-21-11-12-22-19(17-21)10-13-23(26)25(22)20-8-3-2-4-9-20/h2-4,8-9,11-12,17-18H,5-7,10,13-16H2,1H3/t18-/m1/s1. The van der Waals surface area contributed by atoms with Crippen molar-refractivity contribution < 1.29 is 9.53 Å². The Labute approximate surface area is 161 Å². The van der Waals surface area contributed by atoms with Crippen molar-refractivity contribution in [3.63, 3.8) is 0 Å². The SMILES string of the molecule is C[C@@H]1CCCN1CCCOc1ccc2c(c1)CCC(=O)N2c1ccccc1. The Morgan fingerprint density at radius 3 is 2.74 bits per heavy atom. The van der Waals surface area contributed by atoms with Gasteiger partial charge < -0.3 is 9.64 Å². The number of nitrogens with zero attached hydrogens (tertiary/aromatic N) is 2. The van der Waals surface area contributed by atoms with Crippen molar-refractivity contribution in [1.82, 2.24) is 4.90 Å². The molecule has 0 radical (unpaired) electrons. The minimum atomic E-state index is 0.155. The van der Waals surface area contributed by atoms with Crippen LogP contribution in [0.25, 0.3) is 0 Å². The van der Waals surface area contributed by atoms with E-state index in [9.17, 15) is 4.79 Å². The number of ether oxygens (including phenoxy) is 1. The fourth-order valence-electron chi connectivity index (χ4n) is 4.20. The van der Waals surface area contributed by atoms with Gasteiger partial charge in [-0.2, -0.15) is 0 Å². The number of para-hydroxylation sites is 1. The Kier molecular flexibility index (Phi) is 5.44. The van der Waals surface area contributed by atoms with E-state index >= 15 is 0 Å². The fraction of sp³-hybridized carbons (Fsp3) is 0.435. The molecule has 0 unspecified atom stereocenters. The number of fused-ring (bicyclic) bond motifs is 1. The van der Waals surface area contributed by atoms with Crippen molar-refractivity contribution in [2.24, 2.45) is 0 Å². The van der Waals surface area contributed by atoms with Crippen LogP contribution >= 0.6 is 0 Å². The first-order chi connectivity index (χ1) is 13.2. The highest BCUT2D eigenvalue weighted by Gasteiger charge is 2.25. The Balaban J connectivity index is 1.40. The zero-order chi connectivity index (χ0) is 18.6. The molecule has 1 saturated heterocycles. The first-order valence-corrected chi connectivity index (χ1v) is 10.1. The molecule has 2 aliphatic rings. The molecule has 0 spiro atoms. The lowest BCUT2D eigenvalue weighted by Gasteiger charge is -2.29. The molecule has 0 aliphatic carbocycles. The van der Waals surface area contributed by atoms with E-state index in [2.05, 4.69) is 17.9 Å². The predicted octanol–water partition coefficient (Wildman–Crippen LogP) is 4.55. The molecular weight excluding hydrogens is 336 g/mol. The number of carbonyl (C=O) groups is 1. The molecule has 1 fully saturated rings. The molecule has 0 aromatic heterocycles. The van der Waals surface area contributed by atoms with E-state index in [4.69, 9.17) is 4.74 Å². The van der Waals surface area contributed by atoms with Crippen LogP contribution in [0.4, 0.5) is 11.4 Å². The maximum atomic E-state index is 12.5. The van der Waals surface area contributed by atoms with Crippen molar-refractivity contribution in [3.8, 4) is 5.75 Å². The van der Waals surface area contributed by atoms with Gasteiger partial charge in [-0.25, -0.2) is 0 Å². The molecule has 0 bridgehead atoms. The summed E-state index contributed by atoms with van der Waals surface area (Å²) in [6.07, 6.45) is 5.01. The van der Waals surface area contributed by atoms with Gasteiger partial charge in [-0.1, -0.05) is 18.2 Å². The van der Waals surface area contributed by atoms with Crippen LogP contribution in [0.3, 0.4) is 0 Å². The summed E-state index contributed by atoms with van der Waals surface area (Å²) in [6, 6.07) is 16.7. The highest BCUT2D eigenvalue weighted by Crippen LogP contribution is 2.36. The molecule has 1 amide bonds. The second-order valence-electron chi connectivity index (χ2n) is 7.58. The quantitative estimate of drug-likeness (QED) is 0.705. The van der Waals surface area contributed by atoms with E-state index in [1.54, 1.807) is 0 Å². The van der Waals surface area contributed by atoms with E-state index < -0.39 is 0 Å². The molecule has 142 valence electrons. The summed E-state index contributed by atoms with van der Waals surface area (Å²) in [5.41, 5.74) is 3.09. The Morgan fingerprint density at radius 2 is 1.96 bits per heavy atom. The van der Waals surface area contributed by atoms with Gasteiger partial charge in [0.25, 0.3) is 0 Å². The fourth-order valence-corrected chi connectivity index (χ4v) is 4.20.